The molecule has 69 heavy (non-hydrogen) atoms. The molecule has 0 heterocycles. The standard InChI is InChI=1S/C63H102O6/c1-4-7-10-13-16-19-22-25-28-30-31-33-35-38-41-44-47-50-53-56-62(65)68-59-60(58-67-61(64)55-52-49-46-43-40-37-34-27-24-21-18-15-12-9-6-3)69-63(66)57-54-51-48-45-42-39-36-32-29-26-23-20-17-14-11-8-5-2/h9,12,16,18-19,21,25-29,31,33-34,36,38-39,41,45,48,60H,4-8,10-11,13-15,17,20,22-24,30,32,35,37,40,42-44,46-47,49-59H2,1-3H3/b12-9-,19-16-,21-18-,28-25-,29-26-,33-31-,34-27-,39-36-,41-38-,48-45-/t60-/m1/s1. The van der Waals surface area contributed by atoms with Gasteiger partial charge in [-0.1, -0.05) is 213 Å². The van der Waals surface area contributed by atoms with Crippen LogP contribution in [0.2, 0.25) is 0 Å². The van der Waals surface area contributed by atoms with Crippen LogP contribution >= 0.6 is 0 Å². The molecule has 0 aromatic rings. The van der Waals surface area contributed by atoms with Crippen molar-refractivity contribution in [1.29, 1.82) is 0 Å². The van der Waals surface area contributed by atoms with Gasteiger partial charge in [0.2, 0.25) is 0 Å². The second-order valence-electron chi connectivity index (χ2n) is 18.1. The Balaban J connectivity index is 4.57. The van der Waals surface area contributed by atoms with E-state index in [9.17, 15) is 14.4 Å². The highest BCUT2D eigenvalue weighted by Crippen LogP contribution is 2.12. The average molecular weight is 956 g/mol. The Hall–Kier alpha value is -4.19. The van der Waals surface area contributed by atoms with Crippen LogP contribution in [0.4, 0.5) is 0 Å². The summed E-state index contributed by atoms with van der Waals surface area (Å²) in [6, 6.07) is 0. The quantitative estimate of drug-likeness (QED) is 0.0262. The molecule has 0 aromatic carbocycles. The zero-order chi connectivity index (χ0) is 50.0. The van der Waals surface area contributed by atoms with E-state index in [2.05, 4.69) is 142 Å². The maximum absolute atomic E-state index is 12.8. The molecule has 0 aliphatic heterocycles. The summed E-state index contributed by atoms with van der Waals surface area (Å²) in [5, 5.41) is 0. The topological polar surface area (TPSA) is 78.9 Å². The normalized spacial score (nSPS) is 13.0. The summed E-state index contributed by atoms with van der Waals surface area (Å²) in [5.74, 6) is -1.02. The molecule has 0 bridgehead atoms. The van der Waals surface area contributed by atoms with Gasteiger partial charge in [-0.2, -0.15) is 0 Å². The summed E-state index contributed by atoms with van der Waals surface area (Å²) >= 11 is 0. The van der Waals surface area contributed by atoms with Gasteiger partial charge in [0.1, 0.15) is 13.2 Å². The van der Waals surface area contributed by atoms with E-state index in [-0.39, 0.29) is 37.5 Å². The number of hydrogen-bond donors (Lipinski definition) is 0. The number of rotatable bonds is 49. The van der Waals surface area contributed by atoms with Gasteiger partial charge in [0.25, 0.3) is 0 Å². The van der Waals surface area contributed by atoms with Crippen molar-refractivity contribution in [3.05, 3.63) is 122 Å². The molecule has 6 nitrogen and oxygen atoms in total. The van der Waals surface area contributed by atoms with E-state index >= 15 is 0 Å². The maximum atomic E-state index is 12.8. The predicted molar refractivity (Wildman–Crippen MR) is 297 cm³/mol. The van der Waals surface area contributed by atoms with E-state index in [1.54, 1.807) is 0 Å². The minimum absolute atomic E-state index is 0.121. The minimum atomic E-state index is -0.829. The summed E-state index contributed by atoms with van der Waals surface area (Å²) in [6.45, 7) is 6.40. The molecular weight excluding hydrogens is 853 g/mol. The van der Waals surface area contributed by atoms with Crippen LogP contribution < -0.4 is 0 Å². The van der Waals surface area contributed by atoms with Crippen LogP contribution in [0.1, 0.15) is 239 Å². The molecule has 0 aliphatic carbocycles. The van der Waals surface area contributed by atoms with E-state index < -0.39 is 6.10 Å². The van der Waals surface area contributed by atoms with Crippen molar-refractivity contribution in [3.63, 3.8) is 0 Å². The van der Waals surface area contributed by atoms with Crippen molar-refractivity contribution in [1.82, 2.24) is 0 Å². The minimum Gasteiger partial charge on any atom is -0.462 e. The molecular formula is C63H102O6. The molecule has 0 aliphatic rings. The van der Waals surface area contributed by atoms with Crippen LogP contribution in [0.5, 0.6) is 0 Å². The first kappa shape index (κ1) is 64.8. The van der Waals surface area contributed by atoms with Crippen molar-refractivity contribution >= 4 is 17.9 Å². The highest BCUT2D eigenvalue weighted by molar-refractivity contribution is 5.71. The van der Waals surface area contributed by atoms with Gasteiger partial charge in [-0.25, -0.2) is 0 Å². The van der Waals surface area contributed by atoms with Gasteiger partial charge in [-0.15, -0.1) is 0 Å². The molecule has 0 N–H and O–H groups in total. The largest absolute Gasteiger partial charge is 0.462 e. The zero-order valence-corrected chi connectivity index (χ0v) is 44.5. The van der Waals surface area contributed by atoms with Gasteiger partial charge in [0.15, 0.2) is 6.10 Å². The number of allylic oxidation sites excluding steroid dienone is 20. The third-order valence-corrected chi connectivity index (χ3v) is 11.4. The molecule has 0 rings (SSSR count). The molecule has 0 fully saturated rings. The third-order valence-electron chi connectivity index (χ3n) is 11.4. The lowest BCUT2D eigenvalue weighted by Gasteiger charge is -2.18. The van der Waals surface area contributed by atoms with Crippen LogP contribution in [-0.2, 0) is 28.6 Å². The number of unbranched alkanes of at least 4 members (excludes halogenated alkanes) is 18. The number of carbonyl (C=O) groups excluding carboxylic acids is 3. The molecule has 0 amide bonds. The molecule has 0 saturated heterocycles. The number of esters is 3. The number of hydrogen-bond acceptors (Lipinski definition) is 6. The molecule has 0 unspecified atom stereocenters. The van der Waals surface area contributed by atoms with Crippen LogP contribution in [0.3, 0.4) is 0 Å². The van der Waals surface area contributed by atoms with Crippen molar-refractivity contribution in [2.75, 3.05) is 13.2 Å². The van der Waals surface area contributed by atoms with E-state index in [1.165, 1.54) is 70.6 Å². The van der Waals surface area contributed by atoms with Crippen molar-refractivity contribution in [2.24, 2.45) is 0 Å². The zero-order valence-electron chi connectivity index (χ0n) is 44.5. The first-order valence-electron chi connectivity index (χ1n) is 28.0. The van der Waals surface area contributed by atoms with Gasteiger partial charge in [0.05, 0.1) is 0 Å². The predicted octanol–water partition coefficient (Wildman–Crippen LogP) is 18.9. The number of ether oxygens (including phenoxy) is 3. The smallest absolute Gasteiger partial charge is 0.306 e. The van der Waals surface area contributed by atoms with Crippen molar-refractivity contribution in [3.8, 4) is 0 Å². The van der Waals surface area contributed by atoms with Crippen LogP contribution in [0.25, 0.3) is 0 Å². The third kappa shape index (κ3) is 54.6. The summed E-state index contributed by atoms with van der Waals surface area (Å²) in [4.78, 5) is 38.1. The molecule has 0 aromatic heterocycles. The van der Waals surface area contributed by atoms with E-state index in [0.717, 1.165) is 122 Å². The van der Waals surface area contributed by atoms with Crippen molar-refractivity contribution in [2.45, 2.75) is 245 Å². The molecule has 6 heteroatoms. The van der Waals surface area contributed by atoms with E-state index in [4.69, 9.17) is 14.2 Å². The van der Waals surface area contributed by atoms with Gasteiger partial charge in [-0.05, 0) is 128 Å². The maximum Gasteiger partial charge on any atom is 0.306 e. The van der Waals surface area contributed by atoms with Gasteiger partial charge < -0.3 is 14.2 Å². The fourth-order valence-corrected chi connectivity index (χ4v) is 7.22. The Bertz CT molecular complexity index is 1470. The van der Waals surface area contributed by atoms with Crippen LogP contribution in [-0.4, -0.2) is 37.2 Å². The molecule has 0 saturated carbocycles. The molecule has 1 atom stereocenters. The average Bonchev–Trinajstić information content (AvgIpc) is 3.35. The fourth-order valence-electron chi connectivity index (χ4n) is 7.22. The van der Waals surface area contributed by atoms with Crippen LogP contribution in [0.15, 0.2) is 122 Å². The van der Waals surface area contributed by atoms with Crippen LogP contribution in [0, 0.1) is 0 Å². The number of carbonyl (C=O) groups is 3. The lowest BCUT2D eigenvalue weighted by molar-refractivity contribution is -0.167. The first-order chi connectivity index (χ1) is 34.0. The SMILES string of the molecule is CC/C=C\C/C=C\C/C=C\CCCCCCCC(=O)OC[C@H](COC(=O)CCCCC/C=C\C/C=C\C/C=C\C/C=C\CCCCC)OC(=O)CCC/C=C\C/C=C\C/C=C\CCCCCCCC. The highest BCUT2D eigenvalue weighted by atomic mass is 16.6. The van der Waals surface area contributed by atoms with Gasteiger partial charge in [0, 0.05) is 19.3 Å². The lowest BCUT2D eigenvalue weighted by atomic mass is 10.1. The second kappa shape index (κ2) is 56.4. The fraction of sp³-hybridized carbons (Fsp3) is 0.635. The molecule has 0 spiro atoms. The van der Waals surface area contributed by atoms with Gasteiger partial charge >= 0.3 is 17.9 Å². The monoisotopic (exact) mass is 955 g/mol. The highest BCUT2D eigenvalue weighted by Gasteiger charge is 2.19. The van der Waals surface area contributed by atoms with Crippen molar-refractivity contribution < 1.29 is 28.6 Å². The summed E-state index contributed by atoms with van der Waals surface area (Å²) in [7, 11) is 0. The van der Waals surface area contributed by atoms with Gasteiger partial charge in [-0.3, -0.25) is 14.4 Å². The Morgan fingerprint density at radius 1 is 0.304 bits per heavy atom. The summed E-state index contributed by atoms with van der Waals surface area (Å²) in [5.41, 5.74) is 0. The Morgan fingerprint density at radius 2 is 0.580 bits per heavy atom. The Labute approximate surface area is 424 Å². The summed E-state index contributed by atoms with van der Waals surface area (Å²) < 4.78 is 16.8. The Morgan fingerprint density at radius 3 is 0.971 bits per heavy atom. The Kier molecular flexibility index (Phi) is 53.0. The van der Waals surface area contributed by atoms with E-state index in [0.29, 0.717) is 19.3 Å². The molecule has 390 valence electrons. The molecule has 0 radical (unpaired) electrons. The first-order valence-corrected chi connectivity index (χ1v) is 28.0. The lowest BCUT2D eigenvalue weighted by Crippen LogP contribution is -2.30. The second-order valence-corrected chi connectivity index (χ2v) is 18.1. The van der Waals surface area contributed by atoms with E-state index in [1.807, 2.05) is 0 Å². The summed E-state index contributed by atoms with van der Waals surface area (Å²) in [6.07, 6.45) is 77.6.